The Kier molecular flexibility index (Phi) is 4.00. The number of rotatable bonds is 8. The molecule has 3 heteroatoms. The van der Waals surface area contributed by atoms with E-state index in [2.05, 4.69) is 4.90 Å². The molecule has 88 valence electrons. The molecule has 0 amide bonds. The average Bonchev–Trinajstić information content (AvgIpc) is 3.02. The summed E-state index contributed by atoms with van der Waals surface area (Å²) >= 11 is 0. The molecule has 0 aromatic carbocycles. The van der Waals surface area contributed by atoms with Gasteiger partial charge in [-0.25, -0.2) is 0 Å². The molecule has 1 unspecified atom stereocenters. The molecule has 2 aliphatic rings. The summed E-state index contributed by atoms with van der Waals surface area (Å²) in [7, 11) is 1.75. The maximum absolute atomic E-state index is 6.10. The zero-order chi connectivity index (χ0) is 10.7. The molecule has 1 atom stereocenters. The molecule has 2 aliphatic carbocycles. The van der Waals surface area contributed by atoms with Gasteiger partial charge in [0.2, 0.25) is 0 Å². The molecule has 3 nitrogen and oxygen atoms in total. The highest BCUT2D eigenvalue weighted by molar-refractivity contribution is 4.89. The van der Waals surface area contributed by atoms with Crippen LogP contribution in [0.15, 0.2) is 0 Å². The number of methoxy groups -OCH3 is 1. The third-order valence-corrected chi connectivity index (χ3v) is 3.41. The van der Waals surface area contributed by atoms with Crippen molar-refractivity contribution in [3.8, 4) is 0 Å². The number of ether oxygens (including phenoxy) is 1. The maximum Gasteiger partial charge on any atom is 0.0477 e. The third-order valence-electron chi connectivity index (χ3n) is 3.41. The van der Waals surface area contributed by atoms with Crippen LogP contribution in [0.5, 0.6) is 0 Å². The first kappa shape index (κ1) is 11.4. The average molecular weight is 212 g/mol. The molecule has 2 fully saturated rings. The van der Waals surface area contributed by atoms with Crippen molar-refractivity contribution in [2.75, 3.05) is 26.8 Å². The van der Waals surface area contributed by atoms with Crippen molar-refractivity contribution in [3.63, 3.8) is 0 Å². The Morgan fingerprint density at radius 2 is 2.07 bits per heavy atom. The summed E-state index contributed by atoms with van der Waals surface area (Å²) < 4.78 is 5.07. The topological polar surface area (TPSA) is 38.5 Å². The quantitative estimate of drug-likeness (QED) is 0.657. The van der Waals surface area contributed by atoms with Gasteiger partial charge in [0, 0.05) is 38.9 Å². The summed E-state index contributed by atoms with van der Waals surface area (Å²) in [6.07, 6.45) is 6.66. The summed E-state index contributed by atoms with van der Waals surface area (Å²) in [5.41, 5.74) is 6.10. The van der Waals surface area contributed by atoms with Crippen LogP contribution in [0.4, 0.5) is 0 Å². The molecule has 0 heterocycles. The molecule has 0 aromatic rings. The number of hydrogen-bond donors (Lipinski definition) is 1. The molecule has 2 N–H and O–H groups in total. The standard InChI is InChI=1S/C12H24N2O/c1-15-7-6-11(13)9-14(12-4-5-12)8-10-2-3-10/h10-12H,2-9,13H2,1H3. The minimum absolute atomic E-state index is 0.296. The first-order chi connectivity index (χ1) is 7.29. The summed E-state index contributed by atoms with van der Waals surface area (Å²) in [6, 6.07) is 1.16. The monoisotopic (exact) mass is 212 g/mol. The lowest BCUT2D eigenvalue weighted by Gasteiger charge is -2.25. The molecule has 2 saturated carbocycles. The number of nitrogens with two attached hydrogens (primary N) is 1. The largest absolute Gasteiger partial charge is 0.385 e. The molecular weight excluding hydrogens is 188 g/mol. The van der Waals surface area contributed by atoms with E-state index in [1.807, 2.05) is 0 Å². The Balaban J connectivity index is 1.67. The zero-order valence-electron chi connectivity index (χ0n) is 9.82. The van der Waals surface area contributed by atoms with Crippen LogP contribution in [0.3, 0.4) is 0 Å². The fourth-order valence-electron chi connectivity index (χ4n) is 2.11. The minimum Gasteiger partial charge on any atom is -0.385 e. The van der Waals surface area contributed by atoms with Gasteiger partial charge in [-0.05, 0) is 38.0 Å². The van der Waals surface area contributed by atoms with Crippen molar-refractivity contribution in [2.45, 2.75) is 44.2 Å². The van der Waals surface area contributed by atoms with Crippen molar-refractivity contribution in [3.05, 3.63) is 0 Å². The molecule has 0 spiro atoms. The van der Waals surface area contributed by atoms with Crippen molar-refractivity contribution in [1.82, 2.24) is 4.90 Å². The second-order valence-electron chi connectivity index (χ2n) is 5.17. The highest BCUT2D eigenvalue weighted by Crippen LogP contribution is 2.34. The Morgan fingerprint density at radius 1 is 1.33 bits per heavy atom. The van der Waals surface area contributed by atoms with Crippen molar-refractivity contribution in [1.29, 1.82) is 0 Å². The van der Waals surface area contributed by atoms with E-state index in [0.717, 1.165) is 31.5 Å². The van der Waals surface area contributed by atoms with Gasteiger partial charge in [-0.1, -0.05) is 0 Å². The van der Waals surface area contributed by atoms with E-state index in [4.69, 9.17) is 10.5 Å². The van der Waals surface area contributed by atoms with Gasteiger partial charge in [-0.3, -0.25) is 4.90 Å². The lowest BCUT2D eigenvalue weighted by atomic mass is 10.2. The van der Waals surface area contributed by atoms with Gasteiger partial charge in [0.05, 0.1) is 0 Å². The Labute approximate surface area is 93.0 Å². The number of nitrogens with zero attached hydrogens (tertiary/aromatic N) is 1. The highest BCUT2D eigenvalue weighted by atomic mass is 16.5. The van der Waals surface area contributed by atoms with Crippen LogP contribution < -0.4 is 5.73 Å². The van der Waals surface area contributed by atoms with E-state index in [0.29, 0.717) is 6.04 Å². The van der Waals surface area contributed by atoms with Crippen LogP contribution in [0.1, 0.15) is 32.1 Å². The van der Waals surface area contributed by atoms with E-state index >= 15 is 0 Å². The van der Waals surface area contributed by atoms with Gasteiger partial charge in [-0.15, -0.1) is 0 Å². The molecule has 15 heavy (non-hydrogen) atoms. The molecule has 0 aromatic heterocycles. The van der Waals surface area contributed by atoms with Gasteiger partial charge in [0.25, 0.3) is 0 Å². The Morgan fingerprint density at radius 3 is 2.60 bits per heavy atom. The lowest BCUT2D eigenvalue weighted by molar-refractivity contribution is 0.171. The molecule has 0 saturated heterocycles. The van der Waals surface area contributed by atoms with Crippen LogP contribution in [0.2, 0.25) is 0 Å². The summed E-state index contributed by atoms with van der Waals surface area (Å²) in [5.74, 6) is 0.986. The second kappa shape index (κ2) is 5.28. The molecule has 0 radical (unpaired) electrons. The van der Waals surface area contributed by atoms with Crippen molar-refractivity contribution < 1.29 is 4.74 Å². The Bertz CT molecular complexity index is 190. The summed E-state index contributed by atoms with van der Waals surface area (Å²) in [6.45, 7) is 3.17. The van der Waals surface area contributed by atoms with Crippen LogP contribution in [0, 0.1) is 5.92 Å². The van der Waals surface area contributed by atoms with Crippen LogP contribution in [0.25, 0.3) is 0 Å². The first-order valence-electron chi connectivity index (χ1n) is 6.28. The SMILES string of the molecule is COCCC(N)CN(CC1CC1)C1CC1. The van der Waals surface area contributed by atoms with E-state index in [1.54, 1.807) is 7.11 Å². The van der Waals surface area contributed by atoms with Gasteiger partial charge in [0.1, 0.15) is 0 Å². The van der Waals surface area contributed by atoms with Gasteiger partial charge < -0.3 is 10.5 Å². The fraction of sp³-hybridized carbons (Fsp3) is 1.00. The predicted molar refractivity (Wildman–Crippen MR) is 61.8 cm³/mol. The zero-order valence-corrected chi connectivity index (χ0v) is 9.82. The van der Waals surface area contributed by atoms with Crippen molar-refractivity contribution >= 4 is 0 Å². The molecule has 0 bridgehead atoms. The smallest absolute Gasteiger partial charge is 0.0477 e. The predicted octanol–water partition coefficient (Wildman–Crippen LogP) is 1.22. The Hall–Kier alpha value is -0.120. The van der Waals surface area contributed by atoms with E-state index in [-0.39, 0.29) is 0 Å². The van der Waals surface area contributed by atoms with Crippen molar-refractivity contribution in [2.24, 2.45) is 11.7 Å². The van der Waals surface area contributed by atoms with Crippen LogP contribution in [-0.2, 0) is 4.74 Å². The van der Waals surface area contributed by atoms with Crippen LogP contribution in [-0.4, -0.2) is 43.8 Å². The fourth-order valence-corrected chi connectivity index (χ4v) is 2.11. The number of hydrogen-bond acceptors (Lipinski definition) is 3. The molecular formula is C12H24N2O. The molecule has 2 rings (SSSR count). The van der Waals surface area contributed by atoms with E-state index in [9.17, 15) is 0 Å². The summed E-state index contributed by atoms with van der Waals surface area (Å²) in [5, 5.41) is 0. The van der Waals surface area contributed by atoms with E-state index < -0.39 is 0 Å². The van der Waals surface area contributed by atoms with Crippen LogP contribution >= 0.6 is 0 Å². The normalized spacial score (nSPS) is 23.4. The third kappa shape index (κ3) is 4.09. The minimum atomic E-state index is 0.296. The maximum atomic E-state index is 6.10. The van der Waals surface area contributed by atoms with Gasteiger partial charge in [0.15, 0.2) is 0 Å². The van der Waals surface area contributed by atoms with E-state index in [1.165, 1.54) is 32.2 Å². The van der Waals surface area contributed by atoms with Gasteiger partial charge in [-0.2, -0.15) is 0 Å². The highest BCUT2D eigenvalue weighted by Gasteiger charge is 2.33. The summed E-state index contributed by atoms with van der Waals surface area (Å²) in [4.78, 5) is 2.62. The first-order valence-corrected chi connectivity index (χ1v) is 6.28. The second-order valence-corrected chi connectivity index (χ2v) is 5.17. The van der Waals surface area contributed by atoms with Gasteiger partial charge >= 0.3 is 0 Å². The lowest BCUT2D eigenvalue weighted by Crippen LogP contribution is -2.40. The molecule has 0 aliphatic heterocycles.